The number of hydrogen-bond donors (Lipinski definition) is 1. The van der Waals surface area contributed by atoms with Crippen LogP contribution in [0.15, 0.2) is 11.6 Å². The van der Waals surface area contributed by atoms with Crippen LogP contribution in [-0.2, 0) is 9.53 Å². The minimum Gasteiger partial charge on any atom is -0.461 e. The summed E-state index contributed by atoms with van der Waals surface area (Å²) in [5.74, 6) is 1.94. The second-order valence-electron chi connectivity index (χ2n) is 11.5. The largest absolute Gasteiger partial charge is 0.461 e. The first-order chi connectivity index (χ1) is 12.7. The Morgan fingerprint density at radius 3 is 2.74 bits per heavy atom. The van der Waals surface area contributed by atoms with Crippen LogP contribution in [0.1, 0.15) is 73.1 Å². The topological polar surface area (TPSA) is 30.7 Å². The first-order valence-corrected chi connectivity index (χ1v) is 11.4. The van der Waals surface area contributed by atoms with Gasteiger partial charge in [-0.05, 0) is 49.4 Å². The second-order valence-corrected chi connectivity index (χ2v) is 11.5. The minimum atomic E-state index is 0.0698. The molecule has 0 aromatic carbocycles. The lowest BCUT2D eigenvalue weighted by molar-refractivity contribution is -0.907. The molecule has 1 saturated carbocycles. The molecule has 3 nitrogen and oxygen atoms in total. The molecular formula is C24H40NO2+. The molecule has 2 heterocycles. The molecule has 0 spiro atoms. The van der Waals surface area contributed by atoms with E-state index in [9.17, 15) is 4.79 Å². The molecule has 1 N–H and O–H groups in total. The third-order valence-electron chi connectivity index (χ3n) is 8.21. The van der Waals surface area contributed by atoms with E-state index in [0.29, 0.717) is 17.3 Å². The number of quaternary nitrogens is 1. The molecule has 2 aliphatic heterocycles. The number of carbonyl (C=O) groups excluding carboxylic acids is 1. The first kappa shape index (κ1) is 19.5. The first-order valence-electron chi connectivity index (χ1n) is 11.4. The Kier molecular flexibility index (Phi) is 4.98. The van der Waals surface area contributed by atoms with E-state index in [4.69, 9.17) is 4.74 Å². The van der Waals surface area contributed by atoms with Gasteiger partial charge < -0.3 is 9.64 Å². The van der Waals surface area contributed by atoms with Crippen molar-refractivity contribution in [2.75, 3.05) is 19.6 Å². The summed E-state index contributed by atoms with van der Waals surface area (Å²) in [5, 5.41) is 0. The van der Waals surface area contributed by atoms with Gasteiger partial charge in [0.25, 0.3) is 0 Å². The molecule has 27 heavy (non-hydrogen) atoms. The zero-order valence-electron chi connectivity index (χ0n) is 18.1. The van der Waals surface area contributed by atoms with Crippen LogP contribution >= 0.6 is 0 Å². The van der Waals surface area contributed by atoms with Gasteiger partial charge in [0.2, 0.25) is 0 Å². The lowest BCUT2D eigenvalue weighted by atomic mass is 9.59. The van der Waals surface area contributed by atoms with Gasteiger partial charge in [-0.15, -0.1) is 0 Å². The van der Waals surface area contributed by atoms with Crippen molar-refractivity contribution in [1.29, 1.82) is 0 Å². The van der Waals surface area contributed by atoms with Crippen molar-refractivity contribution in [3.8, 4) is 0 Å². The summed E-state index contributed by atoms with van der Waals surface area (Å²) in [4.78, 5) is 14.5. The highest BCUT2D eigenvalue weighted by atomic mass is 16.6. The van der Waals surface area contributed by atoms with Gasteiger partial charge in [-0.1, -0.05) is 52.7 Å². The summed E-state index contributed by atoms with van der Waals surface area (Å²) in [5.41, 5.74) is 2.27. The van der Waals surface area contributed by atoms with Gasteiger partial charge in [-0.3, -0.25) is 4.79 Å². The Morgan fingerprint density at radius 1 is 1.19 bits per heavy atom. The predicted molar refractivity (Wildman–Crippen MR) is 108 cm³/mol. The quantitative estimate of drug-likeness (QED) is 0.591. The third kappa shape index (κ3) is 3.73. The molecule has 1 unspecified atom stereocenters. The molecule has 3 heteroatoms. The highest BCUT2D eigenvalue weighted by Gasteiger charge is 2.53. The van der Waals surface area contributed by atoms with Gasteiger partial charge in [0.15, 0.2) is 0 Å². The van der Waals surface area contributed by atoms with E-state index in [1.165, 1.54) is 45.2 Å². The van der Waals surface area contributed by atoms with E-state index in [0.717, 1.165) is 18.9 Å². The highest BCUT2D eigenvalue weighted by molar-refractivity contribution is 5.76. The second kappa shape index (κ2) is 6.90. The number of rotatable bonds is 2. The number of hydrogen-bond acceptors (Lipinski definition) is 2. The average Bonchev–Trinajstić information content (AvgIpc) is 2.76. The number of esters is 1. The number of likely N-dealkylation sites (tertiary alicyclic amines) is 1. The van der Waals surface area contributed by atoms with Crippen molar-refractivity contribution in [2.24, 2.45) is 34.5 Å². The van der Waals surface area contributed by atoms with E-state index in [1.807, 2.05) is 0 Å². The van der Waals surface area contributed by atoms with Crippen LogP contribution in [0.3, 0.4) is 0 Å². The van der Waals surface area contributed by atoms with E-state index in [2.05, 4.69) is 40.7 Å². The predicted octanol–water partition coefficient (Wildman–Crippen LogP) is 3.64. The van der Waals surface area contributed by atoms with Gasteiger partial charge in [0.05, 0.1) is 19.6 Å². The SMILES string of the molecule is C[C@@H]1CC[NH+](C[C@@H]2C(=O)O[C@H]3C[C@]4(C)CCC[C@@H](C)C4=C[C@@H]32)CC(C)(C)C1. The maximum Gasteiger partial charge on any atom is 0.315 e. The Balaban J connectivity index is 1.54. The van der Waals surface area contributed by atoms with E-state index in [-0.39, 0.29) is 23.4 Å². The summed E-state index contributed by atoms with van der Waals surface area (Å²) in [6, 6.07) is 0. The number of ether oxygens (including phenoxy) is 1. The third-order valence-corrected chi connectivity index (χ3v) is 8.21. The van der Waals surface area contributed by atoms with E-state index >= 15 is 0 Å². The van der Waals surface area contributed by atoms with Crippen LogP contribution in [0.4, 0.5) is 0 Å². The molecule has 0 radical (unpaired) electrons. The highest BCUT2D eigenvalue weighted by Crippen LogP contribution is 2.53. The maximum absolute atomic E-state index is 12.9. The van der Waals surface area contributed by atoms with Crippen LogP contribution in [-0.4, -0.2) is 31.7 Å². The lowest BCUT2D eigenvalue weighted by Crippen LogP contribution is -3.13. The van der Waals surface area contributed by atoms with Crippen molar-refractivity contribution >= 4 is 5.97 Å². The molecule has 0 amide bonds. The molecule has 4 aliphatic rings. The summed E-state index contributed by atoms with van der Waals surface area (Å²) in [7, 11) is 0. The molecule has 7 atom stereocenters. The number of nitrogens with one attached hydrogen (secondary N) is 1. The lowest BCUT2D eigenvalue weighted by Gasteiger charge is -2.46. The molecule has 0 aromatic rings. The zero-order valence-corrected chi connectivity index (χ0v) is 18.1. The molecule has 0 aromatic heterocycles. The Morgan fingerprint density at radius 2 is 1.96 bits per heavy atom. The maximum atomic E-state index is 12.9. The van der Waals surface area contributed by atoms with Gasteiger partial charge in [-0.25, -0.2) is 0 Å². The molecule has 3 fully saturated rings. The van der Waals surface area contributed by atoms with Crippen molar-refractivity contribution < 1.29 is 14.4 Å². The number of allylic oxidation sites excluding steroid dienone is 1. The Hall–Kier alpha value is -0.830. The molecule has 152 valence electrons. The number of carbonyl (C=O) groups is 1. The summed E-state index contributed by atoms with van der Waals surface area (Å²) >= 11 is 0. The van der Waals surface area contributed by atoms with Gasteiger partial charge in [0, 0.05) is 11.3 Å². The molecule has 2 aliphatic carbocycles. The fourth-order valence-corrected chi connectivity index (χ4v) is 7.10. The van der Waals surface area contributed by atoms with Crippen molar-refractivity contribution in [3.05, 3.63) is 11.6 Å². The summed E-state index contributed by atoms with van der Waals surface area (Å²) < 4.78 is 5.98. The van der Waals surface area contributed by atoms with Crippen LogP contribution < -0.4 is 4.90 Å². The zero-order chi connectivity index (χ0) is 19.4. The smallest absolute Gasteiger partial charge is 0.315 e. The number of fused-ring (bicyclic) bond motifs is 2. The fourth-order valence-electron chi connectivity index (χ4n) is 7.10. The monoisotopic (exact) mass is 374 g/mol. The normalized spacial score (nSPS) is 46.7. The van der Waals surface area contributed by atoms with E-state index in [1.54, 1.807) is 10.5 Å². The molecule has 2 saturated heterocycles. The molecule has 0 bridgehead atoms. The summed E-state index contributed by atoms with van der Waals surface area (Å²) in [6.45, 7) is 15.4. The van der Waals surface area contributed by atoms with Crippen LogP contribution in [0.2, 0.25) is 0 Å². The van der Waals surface area contributed by atoms with Crippen LogP contribution in [0.25, 0.3) is 0 Å². The van der Waals surface area contributed by atoms with Crippen LogP contribution in [0, 0.1) is 34.5 Å². The van der Waals surface area contributed by atoms with Gasteiger partial charge in [-0.2, -0.15) is 0 Å². The standard InChI is InChI=1S/C24H39NO2/c1-16-8-10-25(15-23(3,4)12-16)14-19-18-11-20-17(2)7-6-9-24(20,5)13-21(18)27-22(19)26/h11,16-19,21H,6-10,12-15H2,1-5H3/p+1/t16-,17-,18-,19+,21+,24+/m1/s1. The van der Waals surface area contributed by atoms with Gasteiger partial charge >= 0.3 is 5.97 Å². The summed E-state index contributed by atoms with van der Waals surface area (Å²) in [6.07, 6.45) is 10.2. The average molecular weight is 375 g/mol. The Labute approximate surface area is 165 Å². The molecular weight excluding hydrogens is 334 g/mol. The van der Waals surface area contributed by atoms with Gasteiger partial charge in [0.1, 0.15) is 12.0 Å². The fraction of sp³-hybridized carbons (Fsp3) is 0.875. The minimum absolute atomic E-state index is 0.0698. The van der Waals surface area contributed by atoms with Crippen molar-refractivity contribution in [1.82, 2.24) is 0 Å². The van der Waals surface area contributed by atoms with Crippen molar-refractivity contribution in [3.63, 3.8) is 0 Å². The van der Waals surface area contributed by atoms with E-state index < -0.39 is 0 Å². The molecule has 4 rings (SSSR count). The Bertz CT molecular complexity index is 624. The van der Waals surface area contributed by atoms with Crippen molar-refractivity contribution in [2.45, 2.75) is 79.2 Å². The van der Waals surface area contributed by atoms with Crippen LogP contribution in [0.5, 0.6) is 0 Å².